The quantitative estimate of drug-likeness (QED) is 0.932. The average Bonchev–Trinajstić information content (AvgIpc) is 2.80. The fourth-order valence-electron chi connectivity index (χ4n) is 1.55. The van der Waals surface area contributed by atoms with E-state index in [0.717, 1.165) is 5.69 Å². The van der Waals surface area contributed by atoms with Crippen molar-refractivity contribution in [3.8, 4) is 11.6 Å². The SMILES string of the molecule is CNC(=O)[C@@H](C)Oc1nn(-c2ccccc2)cc1Cl. The minimum Gasteiger partial charge on any atom is -0.462 e. The number of rotatable bonds is 4. The molecule has 0 spiro atoms. The topological polar surface area (TPSA) is 56.1 Å². The largest absolute Gasteiger partial charge is 0.462 e. The number of aromatic nitrogens is 2. The lowest BCUT2D eigenvalue weighted by molar-refractivity contribution is -0.126. The van der Waals surface area contributed by atoms with Crippen LogP contribution in [0.25, 0.3) is 5.69 Å². The van der Waals surface area contributed by atoms with E-state index in [1.165, 1.54) is 0 Å². The summed E-state index contributed by atoms with van der Waals surface area (Å²) >= 11 is 6.05. The van der Waals surface area contributed by atoms with Gasteiger partial charge in [-0.25, -0.2) is 4.68 Å². The number of benzene rings is 1. The van der Waals surface area contributed by atoms with Gasteiger partial charge in [-0.3, -0.25) is 4.79 Å². The van der Waals surface area contributed by atoms with Gasteiger partial charge in [0, 0.05) is 7.05 Å². The molecule has 0 saturated carbocycles. The Morgan fingerprint density at radius 3 is 2.74 bits per heavy atom. The van der Waals surface area contributed by atoms with Crippen LogP contribution in [0.1, 0.15) is 6.92 Å². The highest BCUT2D eigenvalue weighted by Crippen LogP contribution is 2.24. The van der Waals surface area contributed by atoms with Crippen LogP contribution in [0.4, 0.5) is 0 Å². The predicted octanol–water partition coefficient (Wildman–Crippen LogP) is 2.04. The maximum atomic E-state index is 11.4. The molecule has 0 unspecified atom stereocenters. The van der Waals surface area contributed by atoms with Crippen molar-refractivity contribution in [2.75, 3.05) is 7.05 Å². The predicted molar refractivity (Wildman–Crippen MR) is 72.7 cm³/mol. The second kappa shape index (κ2) is 5.75. The van der Waals surface area contributed by atoms with Gasteiger partial charge in [-0.05, 0) is 19.1 Å². The van der Waals surface area contributed by atoms with E-state index in [0.29, 0.717) is 5.02 Å². The number of hydrogen-bond donors (Lipinski definition) is 1. The van der Waals surface area contributed by atoms with Crippen LogP contribution < -0.4 is 10.1 Å². The van der Waals surface area contributed by atoms with Crippen LogP contribution in [-0.2, 0) is 4.79 Å². The Kier molecular flexibility index (Phi) is 4.06. The number of halogens is 1. The highest BCUT2D eigenvalue weighted by Gasteiger charge is 2.17. The maximum absolute atomic E-state index is 11.4. The van der Waals surface area contributed by atoms with Gasteiger partial charge in [-0.15, -0.1) is 5.10 Å². The van der Waals surface area contributed by atoms with E-state index in [1.807, 2.05) is 30.3 Å². The summed E-state index contributed by atoms with van der Waals surface area (Å²) in [6.45, 7) is 1.64. The molecular formula is C13H14ClN3O2. The molecule has 0 fully saturated rings. The first-order valence-electron chi connectivity index (χ1n) is 5.80. The molecule has 1 amide bonds. The van der Waals surface area contributed by atoms with E-state index in [4.69, 9.17) is 16.3 Å². The van der Waals surface area contributed by atoms with Crippen molar-refractivity contribution in [3.63, 3.8) is 0 Å². The summed E-state index contributed by atoms with van der Waals surface area (Å²) in [4.78, 5) is 11.4. The zero-order valence-corrected chi connectivity index (χ0v) is 11.4. The zero-order chi connectivity index (χ0) is 13.8. The lowest BCUT2D eigenvalue weighted by Gasteiger charge is -2.10. The van der Waals surface area contributed by atoms with Crippen LogP contribution in [0.3, 0.4) is 0 Å². The number of nitrogens with zero attached hydrogens (tertiary/aromatic N) is 2. The van der Waals surface area contributed by atoms with Crippen molar-refractivity contribution in [1.29, 1.82) is 0 Å². The molecule has 0 radical (unpaired) electrons. The lowest BCUT2D eigenvalue weighted by atomic mass is 10.3. The Morgan fingerprint density at radius 2 is 2.11 bits per heavy atom. The highest BCUT2D eigenvalue weighted by molar-refractivity contribution is 6.31. The first kappa shape index (κ1) is 13.4. The summed E-state index contributed by atoms with van der Waals surface area (Å²) in [5.74, 6) is 0.00643. The van der Waals surface area contributed by atoms with Gasteiger partial charge < -0.3 is 10.1 Å². The monoisotopic (exact) mass is 279 g/mol. The summed E-state index contributed by atoms with van der Waals surface area (Å²) in [7, 11) is 1.55. The molecule has 1 heterocycles. The second-order valence-corrected chi connectivity index (χ2v) is 4.34. The van der Waals surface area contributed by atoms with Gasteiger partial charge in [0.25, 0.3) is 11.8 Å². The standard InChI is InChI=1S/C13H14ClN3O2/c1-9(12(18)15-2)19-13-11(14)8-17(16-13)10-6-4-3-5-7-10/h3-9H,1-2H3,(H,15,18)/t9-/m1/s1. The first-order chi connectivity index (χ1) is 9.11. The van der Waals surface area contributed by atoms with Gasteiger partial charge >= 0.3 is 0 Å². The van der Waals surface area contributed by atoms with E-state index in [-0.39, 0.29) is 11.8 Å². The molecule has 0 bridgehead atoms. The van der Waals surface area contributed by atoms with Crippen molar-refractivity contribution < 1.29 is 9.53 Å². The molecule has 100 valence electrons. The lowest BCUT2D eigenvalue weighted by Crippen LogP contribution is -2.33. The van der Waals surface area contributed by atoms with Crippen molar-refractivity contribution >= 4 is 17.5 Å². The minimum atomic E-state index is -0.651. The Morgan fingerprint density at radius 1 is 1.42 bits per heavy atom. The Balaban J connectivity index is 2.20. The Labute approximate surface area is 116 Å². The molecule has 19 heavy (non-hydrogen) atoms. The molecule has 1 aromatic heterocycles. The Hall–Kier alpha value is -2.01. The first-order valence-corrected chi connectivity index (χ1v) is 6.18. The van der Waals surface area contributed by atoms with Crippen LogP contribution in [0, 0.1) is 0 Å². The summed E-state index contributed by atoms with van der Waals surface area (Å²) < 4.78 is 7.03. The molecule has 2 aromatic rings. The van der Waals surface area contributed by atoms with E-state index < -0.39 is 6.10 Å². The number of likely N-dealkylation sites (N-methyl/N-ethyl adjacent to an activating group) is 1. The smallest absolute Gasteiger partial charge is 0.260 e. The number of ether oxygens (including phenoxy) is 1. The zero-order valence-electron chi connectivity index (χ0n) is 10.6. The van der Waals surface area contributed by atoms with Gasteiger partial charge in [0.1, 0.15) is 5.02 Å². The summed E-state index contributed by atoms with van der Waals surface area (Å²) in [5.41, 5.74) is 0.867. The van der Waals surface area contributed by atoms with Gasteiger partial charge in [0.15, 0.2) is 6.10 Å². The molecule has 1 atom stereocenters. The molecule has 1 N–H and O–H groups in total. The number of para-hydroxylation sites is 1. The average molecular weight is 280 g/mol. The van der Waals surface area contributed by atoms with Crippen LogP contribution in [-0.4, -0.2) is 28.8 Å². The Bertz CT molecular complexity index is 569. The van der Waals surface area contributed by atoms with Crippen LogP contribution in [0.2, 0.25) is 5.02 Å². The summed E-state index contributed by atoms with van der Waals surface area (Å²) in [6.07, 6.45) is 0.990. The number of hydrogen-bond acceptors (Lipinski definition) is 3. The molecule has 0 aliphatic heterocycles. The minimum absolute atomic E-state index is 0.231. The molecule has 2 rings (SSSR count). The number of amides is 1. The molecule has 1 aromatic carbocycles. The van der Waals surface area contributed by atoms with Crippen LogP contribution in [0.15, 0.2) is 36.5 Å². The van der Waals surface area contributed by atoms with E-state index in [2.05, 4.69) is 10.4 Å². The number of carbonyl (C=O) groups excluding carboxylic acids is 1. The molecular weight excluding hydrogens is 266 g/mol. The molecule has 5 nitrogen and oxygen atoms in total. The third-order valence-corrected chi connectivity index (χ3v) is 2.82. The van der Waals surface area contributed by atoms with Crippen LogP contribution >= 0.6 is 11.6 Å². The molecule has 0 aliphatic carbocycles. The van der Waals surface area contributed by atoms with Crippen molar-refractivity contribution in [3.05, 3.63) is 41.6 Å². The normalized spacial score (nSPS) is 11.9. The molecule has 6 heteroatoms. The van der Waals surface area contributed by atoms with E-state index in [1.54, 1.807) is 24.9 Å². The van der Waals surface area contributed by atoms with Crippen molar-refractivity contribution in [1.82, 2.24) is 15.1 Å². The van der Waals surface area contributed by atoms with E-state index >= 15 is 0 Å². The van der Waals surface area contributed by atoms with Crippen molar-refractivity contribution in [2.24, 2.45) is 0 Å². The summed E-state index contributed by atoms with van der Waals surface area (Å²) in [6, 6.07) is 9.52. The van der Waals surface area contributed by atoms with Gasteiger partial charge in [-0.2, -0.15) is 0 Å². The molecule has 0 saturated heterocycles. The third-order valence-electron chi connectivity index (χ3n) is 2.56. The van der Waals surface area contributed by atoms with E-state index in [9.17, 15) is 4.79 Å². The molecule has 0 aliphatic rings. The van der Waals surface area contributed by atoms with Crippen LogP contribution in [0.5, 0.6) is 5.88 Å². The van der Waals surface area contributed by atoms with Crippen molar-refractivity contribution in [2.45, 2.75) is 13.0 Å². The van der Waals surface area contributed by atoms with Gasteiger partial charge in [0.05, 0.1) is 11.9 Å². The highest BCUT2D eigenvalue weighted by atomic mass is 35.5. The fourth-order valence-corrected chi connectivity index (χ4v) is 1.73. The maximum Gasteiger partial charge on any atom is 0.260 e. The van der Waals surface area contributed by atoms with Gasteiger partial charge in [0.2, 0.25) is 0 Å². The second-order valence-electron chi connectivity index (χ2n) is 3.94. The number of carbonyl (C=O) groups is 1. The van der Waals surface area contributed by atoms with Gasteiger partial charge in [-0.1, -0.05) is 29.8 Å². The number of nitrogens with one attached hydrogen (secondary N) is 1. The third kappa shape index (κ3) is 3.06. The summed E-state index contributed by atoms with van der Waals surface area (Å²) in [5, 5.41) is 7.08. The fraction of sp³-hybridized carbons (Fsp3) is 0.231.